The summed E-state index contributed by atoms with van der Waals surface area (Å²) >= 11 is 0. The molecule has 0 radical (unpaired) electrons. The summed E-state index contributed by atoms with van der Waals surface area (Å²) in [6.45, 7) is 0. The van der Waals surface area contributed by atoms with Gasteiger partial charge in [-0.3, -0.25) is 10.1 Å². The molecule has 116 valence electrons. The first-order valence-electron chi connectivity index (χ1n) is 6.41. The van der Waals surface area contributed by atoms with E-state index in [2.05, 4.69) is 15.1 Å². The zero-order valence-electron chi connectivity index (χ0n) is 11.8. The molecule has 0 fully saturated rings. The molecule has 2 aromatic heterocycles. The molecule has 2 heterocycles. The van der Waals surface area contributed by atoms with Crippen LogP contribution in [0.2, 0.25) is 0 Å². The normalized spacial score (nSPS) is 10.5. The van der Waals surface area contributed by atoms with Crippen molar-refractivity contribution in [1.29, 1.82) is 0 Å². The second-order valence-corrected chi connectivity index (χ2v) is 4.41. The van der Waals surface area contributed by atoms with Crippen LogP contribution < -0.4 is 4.74 Å². The Bertz CT molecular complexity index is 877. The number of hydrogen-bond acceptors (Lipinski definition) is 8. The summed E-state index contributed by atoms with van der Waals surface area (Å²) in [5.74, 6) is 0.0256. The maximum atomic E-state index is 11.0. The average molecular weight is 314 g/mol. The van der Waals surface area contributed by atoms with E-state index in [0.29, 0.717) is 0 Å². The summed E-state index contributed by atoms with van der Waals surface area (Å²) in [4.78, 5) is 18.4. The second-order valence-electron chi connectivity index (χ2n) is 4.41. The van der Waals surface area contributed by atoms with Crippen molar-refractivity contribution in [2.45, 2.75) is 0 Å². The highest BCUT2D eigenvalue weighted by Gasteiger charge is 2.23. The van der Waals surface area contributed by atoms with Crippen LogP contribution in [-0.4, -0.2) is 32.3 Å². The number of nitro groups is 1. The lowest BCUT2D eigenvalue weighted by Gasteiger charge is -2.04. The van der Waals surface area contributed by atoms with Crippen LogP contribution in [0.3, 0.4) is 0 Å². The maximum Gasteiger partial charge on any atom is 0.298 e. The van der Waals surface area contributed by atoms with Crippen LogP contribution >= 0.6 is 0 Å². The van der Waals surface area contributed by atoms with Gasteiger partial charge < -0.3 is 14.4 Å². The van der Waals surface area contributed by atoms with Crippen LogP contribution in [0.15, 0.2) is 41.1 Å². The van der Waals surface area contributed by atoms with Gasteiger partial charge in [-0.25, -0.2) is 4.98 Å². The van der Waals surface area contributed by atoms with Crippen molar-refractivity contribution in [2.75, 3.05) is 7.11 Å². The zero-order chi connectivity index (χ0) is 16.4. The van der Waals surface area contributed by atoms with Gasteiger partial charge in [0, 0.05) is 12.3 Å². The third-order valence-corrected chi connectivity index (χ3v) is 3.07. The molecule has 0 aliphatic rings. The molecule has 0 bridgehead atoms. The van der Waals surface area contributed by atoms with E-state index in [9.17, 15) is 15.2 Å². The lowest BCUT2D eigenvalue weighted by atomic mass is 10.2. The van der Waals surface area contributed by atoms with Crippen molar-refractivity contribution < 1.29 is 19.3 Å². The second kappa shape index (κ2) is 5.72. The third-order valence-electron chi connectivity index (χ3n) is 3.07. The van der Waals surface area contributed by atoms with E-state index in [1.165, 1.54) is 25.4 Å². The minimum atomic E-state index is -0.582. The first-order chi connectivity index (χ1) is 11.1. The molecular formula is C14H10N4O5. The van der Waals surface area contributed by atoms with E-state index in [4.69, 9.17) is 9.26 Å². The van der Waals surface area contributed by atoms with Gasteiger partial charge in [0.2, 0.25) is 5.82 Å². The predicted molar refractivity (Wildman–Crippen MR) is 77.8 cm³/mol. The largest absolute Gasteiger partial charge is 0.504 e. The summed E-state index contributed by atoms with van der Waals surface area (Å²) in [6, 6.07) is 7.50. The van der Waals surface area contributed by atoms with Crippen molar-refractivity contribution in [1.82, 2.24) is 15.1 Å². The van der Waals surface area contributed by atoms with E-state index in [0.717, 1.165) is 0 Å². The van der Waals surface area contributed by atoms with Gasteiger partial charge in [0.1, 0.15) is 0 Å². The summed E-state index contributed by atoms with van der Waals surface area (Å²) in [5, 5.41) is 24.8. The average Bonchev–Trinajstić information content (AvgIpc) is 3.04. The fraction of sp³-hybridized carbons (Fsp3) is 0.0714. The number of pyridine rings is 1. The van der Waals surface area contributed by atoms with Crippen LogP contribution in [0.5, 0.6) is 11.5 Å². The van der Waals surface area contributed by atoms with Gasteiger partial charge >= 0.3 is 0 Å². The van der Waals surface area contributed by atoms with Gasteiger partial charge in [0.15, 0.2) is 17.2 Å². The monoisotopic (exact) mass is 314 g/mol. The molecular weight excluding hydrogens is 304 g/mol. The van der Waals surface area contributed by atoms with Crippen LogP contribution in [-0.2, 0) is 0 Å². The predicted octanol–water partition coefficient (Wildman–Crippen LogP) is 2.42. The molecule has 9 nitrogen and oxygen atoms in total. The molecule has 0 saturated carbocycles. The molecule has 0 atom stereocenters. The number of hydrogen-bond donors (Lipinski definition) is 1. The van der Waals surface area contributed by atoms with E-state index in [1.807, 2.05) is 0 Å². The van der Waals surface area contributed by atoms with Crippen molar-refractivity contribution in [3.05, 3.63) is 46.6 Å². The molecule has 3 rings (SSSR count). The van der Waals surface area contributed by atoms with Crippen LogP contribution in [0.4, 0.5) is 5.69 Å². The third kappa shape index (κ3) is 2.55. The molecule has 0 aliphatic heterocycles. The lowest BCUT2D eigenvalue weighted by molar-refractivity contribution is -0.384. The van der Waals surface area contributed by atoms with Gasteiger partial charge in [-0.15, -0.1) is 0 Å². The molecule has 1 aromatic carbocycles. The lowest BCUT2D eigenvalue weighted by Crippen LogP contribution is -1.95. The highest BCUT2D eigenvalue weighted by atomic mass is 16.6. The molecule has 0 spiro atoms. The molecule has 0 amide bonds. The minimum absolute atomic E-state index is 0.00338. The number of para-hydroxylation sites is 1. The first-order valence-corrected chi connectivity index (χ1v) is 6.41. The number of nitrogens with zero attached hydrogens (tertiary/aromatic N) is 4. The summed E-state index contributed by atoms with van der Waals surface area (Å²) in [7, 11) is 1.41. The zero-order valence-corrected chi connectivity index (χ0v) is 11.8. The standard InChI is InChI=1S/C14H10N4O5/c1-22-10-6-2-4-8(12(10)19)14-16-13(17-23-14)11-9(18(20)21)5-3-7-15-11/h2-7,19H,1H3. The van der Waals surface area contributed by atoms with Crippen molar-refractivity contribution >= 4 is 5.69 Å². The topological polar surface area (TPSA) is 124 Å². The van der Waals surface area contributed by atoms with Crippen LogP contribution in [0.25, 0.3) is 23.0 Å². The SMILES string of the molecule is COc1cccc(-c2nc(-c3ncccc3[N+](=O)[O-])no2)c1O. The fourth-order valence-corrected chi connectivity index (χ4v) is 2.01. The van der Waals surface area contributed by atoms with E-state index < -0.39 is 4.92 Å². The van der Waals surface area contributed by atoms with Crippen LogP contribution in [0.1, 0.15) is 0 Å². The molecule has 0 aliphatic carbocycles. The number of phenolic OH excluding ortho intramolecular Hbond substituents is 1. The fourth-order valence-electron chi connectivity index (χ4n) is 2.01. The van der Waals surface area contributed by atoms with Gasteiger partial charge in [-0.1, -0.05) is 11.2 Å². The smallest absolute Gasteiger partial charge is 0.298 e. The molecule has 23 heavy (non-hydrogen) atoms. The number of methoxy groups -OCH3 is 1. The van der Waals surface area contributed by atoms with Gasteiger partial charge in [-0.05, 0) is 18.2 Å². The Morgan fingerprint density at radius 2 is 2.13 bits per heavy atom. The van der Waals surface area contributed by atoms with E-state index >= 15 is 0 Å². The Hall–Kier alpha value is -3.49. The Labute approximate surface area is 129 Å². The molecule has 0 saturated heterocycles. The van der Waals surface area contributed by atoms with E-state index in [1.54, 1.807) is 18.2 Å². The van der Waals surface area contributed by atoms with Crippen LogP contribution in [0, 0.1) is 10.1 Å². The summed E-state index contributed by atoms with van der Waals surface area (Å²) < 4.78 is 10.1. The summed E-state index contributed by atoms with van der Waals surface area (Å²) in [5.41, 5.74) is -0.00807. The van der Waals surface area contributed by atoms with Gasteiger partial charge in [0.25, 0.3) is 11.6 Å². The number of rotatable bonds is 4. The van der Waals surface area contributed by atoms with Gasteiger partial charge in [-0.2, -0.15) is 4.98 Å². The van der Waals surface area contributed by atoms with Crippen molar-refractivity contribution in [3.63, 3.8) is 0 Å². The number of phenols is 1. The van der Waals surface area contributed by atoms with Gasteiger partial charge in [0.05, 0.1) is 17.6 Å². The van der Waals surface area contributed by atoms with Crippen molar-refractivity contribution in [3.8, 4) is 34.5 Å². The Balaban J connectivity index is 2.07. The maximum absolute atomic E-state index is 11.0. The number of ether oxygens (including phenoxy) is 1. The minimum Gasteiger partial charge on any atom is -0.504 e. The number of benzene rings is 1. The molecule has 3 aromatic rings. The number of aromatic nitrogens is 3. The quantitative estimate of drug-likeness (QED) is 0.575. The molecule has 0 unspecified atom stereocenters. The first kappa shape index (κ1) is 14.4. The molecule has 9 heteroatoms. The Morgan fingerprint density at radius 3 is 2.87 bits per heavy atom. The summed E-state index contributed by atoms with van der Waals surface area (Å²) in [6.07, 6.45) is 1.39. The Kier molecular flexibility index (Phi) is 3.59. The number of aromatic hydroxyl groups is 1. The van der Waals surface area contributed by atoms with Crippen molar-refractivity contribution in [2.24, 2.45) is 0 Å². The Morgan fingerprint density at radius 1 is 1.30 bits per heavy atom. The molecule has 1 N–H and O–H groups in total. The van der Waals surface area contributed by atoms with E-state index in [-0.39, 0.29) is 40.2 Å². The highest BCUT2D eigenvalue weighted by Crippen LogP contribution is 2.37. The highest BCUT2D eigenvalue weighted by molar-refractivity contribution is 5.69.